The van der Waals surface area contributed by atoms with Crippen molar-refractivity contribution < 1.29 is 0 Å². The van der Waals surface area contributed by atoms with Crippen molar-refractivity contribution in [2.24, 2.45) is 35.5 Å². The van der Waals surface area contributed by atoms with E-state index in [1.165, 1.54) is 12.8 Å². The molecule has 13 heavy (non-hydrogen) atoms. The Morgan fingerprint density at radius 3 is 2.46 bits per heavy atom. The summed E-state index contributed by atoms with van der Waals surface area (Å²) in [7, 11) is 0. The van der Waals surface area contributed by atoms with E-state index in [4.69, 9.17) is 0 Å². The van der Waals surface area contributed by atoms with Gasteiger partial charge in [0.2, 0.25) is 0 Å². The highest BCUT2D eigenvalue weighted by Gasteiger charge is 2.68. The van der Waals surface area contributed by atoms with Crippen LogP contribution in [0, 0.1) is 35.5 Å². The van der Waals surface area contributed by atoms with E-state index < -0.39 is 0 Å². The van der Waals surface area contributed by atoms with Crippen molar-refractivity contribution >= 4 is 0 Å². The van der Waals surface area contributed by atoms with Gasteiger partial charge in [0.25, 0.3) is 0 Å². The Bertz CT molecular complexity index is 261. The second-order valence-corrected chi connectivity index (χ2v) is 5.48. The van der Waals surface area contributed by atoms with Crippen molar-refractivity contribution in [3.05, 3.63) is 11.6 Å². The van der Waals surface area contributed by atoms with Crippen molar-refractivity contribution in [3.8, 4) is 0 Å². The summed E-state index contributed by atoms with van der Waals surface area (Å²) >= 11 is 0. The first-order valence-electron chi connectivity index (χ1n) is 5.94. The summed E-state index contributed by atoms with van der Waals surface area (Å²) in [6, 6.07) is 0. The van der Waals surface area contributed by atoms with E-state index in [2.05, 4.69) is 26.8 Å². The number of rotatable bonds is 3. The van der Waals surface area contributed by atoms with E-state index >= 15 is 0 Å². The molecule has 0 nitrogen and oxygen atoms in total. The van der Waals surface area contributed by atoms with E-state index in [0.717, 1.165) is 35.5 Å². The predicted molar refractivity (Wildman–Crippen MR) is 55.3 cm³/mol. The summed E-state index contributed by atoms with van der Waals surface area (Å²) in [4.78, 5) is 0. The molecule has 0 bridgehead atoms. The number of fused-ring (bicyclic) bond motifs is 1. The molecule has 2 saturated carbocycles. The average molecular weight is 176 g/mol. The summed E-state index contributed by atoms with van der Waals surface area (Å²) < 4.78 is 0. The Balaban J connectivity index is 1.62. The van der Waals surface area contributed by atoms with Crippen molar-refractivity contribution in [2.75, 3.05) is 0 Å². The predicted octanol–water partition coefficient (Wildman–Crippen LogP) is 3.49. The second kappa shape index (κ2) is 2.40. The van der Waals surface area contributed by atoms with Gasteiger partial charge in [-0.05, 0) is 36.5 Å². The highest BCUT2D eigenvalue weighted by molar-refractivity contribution is 5.33. The van der Waals surface area contributed by atoms with Crippen LogP contribution in [0.3, 0.4) is 0 Å². The van der Waals surface area contributed by atoms with Gasteiger partial charge in [0.1, 0.15) is 0 Å². The zero-order chi connectivity index (χ0) is 9.16. The molecule has 0 saturated heterocycles. The molecule has 2 fully saturated rings. The Morgan fingerprint density at radius 2 is 1.92 bits per heavy atom. The van der Waals surface area contributed by atoms with Gasteiger partial charge in [-0.25, -0.2) is 0 Å². The Morgan fingerprint density at radius 1 is 1.23 bits per heavy atom. The maximum Gasteiger partial charge on any atom is 0.00108 e. The Labute approximate surface area is 81.4 Å². The van der Waals surface area contributed by atoms with Crippen LogP contribution in [0.4, 0.5) is 0 Å². The van der Waals surface area contributed by atoms with Crippen molar-refractivity contribution in [1.29, 1.82) is 0 Å². The third-order valence-corrected chi connectivity index (χ3v) is 4.85. The van der Waals surface area contributed by atoms with Crippen LogP contribution in [0.15, 0.2) is 11.6 Å². The van der Waals surface area contributed by atoms with Crippen LogP contribution in [-0.4, -0.2) is 0 Å². The topological polar surface area (TPSA) is 0 Å². The first kappa shape index (κ1) is 8.08. The van der Waals surface area contributed by atoms with Crippen LogP contribution in [0.25, 0.3) is 0 Å². The van der Waals surface area contributed by atoms with Crippen LogP contribution in [0.2, 0.25) is 0 Å². The van der Waals surface area contributed by atoms with Gasteiger partial charge >= 0.3 is 0 Å². The molecule has 3 aliphatic rings. The quantitative estimate of drug-likeness (QED) is 0.577. The van der Waals surface area contributed by atoms with Gasteiger partial charge in [-0.2, -0.15) is 0 Å². The lowest BCUT2D eigenvalue weighted by molar-refractivity contribution is 0.154. The summed E-state index contributed by atoms with van der Waals surface area (Å²) in [5.41, 5.74) is 1.68. The number of hydrogen-bond donors (Lipinski definition) is 0. The minimum Gasteiger partial charge on any atom is -0.0775 e. The first-order valence-corrected chi connectivity index (χ1v) is 5.94. The summed E-state index contributed by atoms with van der Waals surface area (Å²) in [5.74, 6) is 6.48. The molecular weight excluding hydrogens is 156 g/mol. The lowest BCUT2D eigenvalue weighted by Gasteiger charge is -2.33. The van der Waals surface area contributed by atoms with Gasteiger partial charge < -0.3 is 0 Å². The third kappa shape index (κ3) is 0.923. The smallest absolute Gasteiger partial charge is 0.00108 e. The molecule has 0 aromatic heterocycles. The van der Waals surface area contributed by atoms with Gasteiger partial charge in [-0.3, -0.25) is 0 Å². The normalized spacial score (nSPS) is 56.4. The molecule has 0 amide bonds. The zero-order valence-electron chi connectivity index (χ0n) is 8.96. The van der Waals surface area contributed by atoms with Gasteiger partial charge in [0.15, 0.2) is 0 Å². The van der Waals surface area contributed by atoms with Crippen LogP contribution in [0.5, 0.6) is 0 Å². The van der Waals surface area contributed by atoms with Crippen molar-refractivity contribution in [2.45, 2.75) is 33.6 Å². The molecule has 72 valence electrons. The van der Waals surface area contributed by atoms with E-state index in [-0.39, 0.29) is 0 Å². The molecule has 3 aliphatic carbocycles. The van der Waals surface area contributed by atoms with E-state index in [9.17, 15) is 0 Å². The van der Waals surface area contributed by atoms with Gasteiger partial charge in [-0.15, -0.1) is 0 Å². The van der Waals surface area contributed by atoms with Gasteiger partial charge in [0.05, 0.1) is 0 Å². The van der Waals surface area contributed by atoms with E-state index in [1.54, 1.807) is 5.57 Å². The molecular formula is C13H20. The first-order chi connectivity index (χ1) is 6.25. The highest BCUT2D eigenvalue weighted by atomic mass is 14.7. The molecule has 0 aromatic rings. The third-order valence-electron chi connectivity index (χ3n) is 4.85. The molecule has 6 atom stereocenters. The molecule has 0 heteroatoms. The van der Waals surface area contributed by atoms with Crippen LogP contribution >= 0.6 is 0 Å². The molecule has 0 N–H and O–H groups in total. The summed E-state index contributed by atoms with van der Waals surface area (Å²) in [6.45, 7) is 7.13. The van der Waals surface area contributed by atoms with Gasteiger partial charge in [-0.1, -0.05) is 38.3 Å². The van der Waals surface area contributed by atoms with Crippen molar-refractivity contribution in [1.82, 2.24) is 0 Å². The number of allylic oxidation sites excluding steroid dienone is 2. The minimum atomic E-state index is 0.943. The molecule has 6 unspecified atom stereocenters. The fraction of sp³-hybridized carbons (Fsp3) is 0.846. The van der Waals surface area contributed by atoms with Crippen molar-refractivity contribution in [3.63, 3.8) is 0 Å². The molecule has 3 rings (SSSR count). The lowest BCUT2D eigenvalue weighted by Crippen LogP contribution is -2.29. The maximum atomic E-state index is 2.49. The fourth-order valence-corrected chi connectivity index (χ4v) is 4.11. The SMILES string of the molecule is CCCC1C2C(C)C(C3C=C3C)C12. The molecule has 0 spiro atoms. The lowest BCUT2D eigenvalue weighted by atomic mass is 9.71. The fourth-order valence-electron chi connectivity index (χ4n) is 4.11. The highest BCUT2D eigenvalue weighted by Crippen LogP contribution is 2.73. The zero-order valence-corrected chi connectivity index (χ0v) is 8.96. The second-order valence-electron chi connectivity index (χ2n) is 5.48. The minimum absolute atomic E-state index is 0.943. The Hall–Kier alpha value is -0.260. The largest absolute Gasteiger partial charge is 0.0775 e. The van der Waals surface area contributed by atoms with E-state index in [1.807, 2.05) is 0 Å². The van der Waals surface area contributed by atoms with Crippen LogP contribution in [0.1, 0.15) is 33.6 Å². The molecule has 0 heterocycles. The van der Waals surface area contributed by atoms with Crippen LogP contribution < -0.4 is 0 Å². The molecule has 0 aromatic carbocycles. The Kier molecular flexibility index (Phi) is 1.49. The average Bonchev–Trinajstić information content (AvgIpc) is 2.92. The maximum absolute atomic E-state index is 2.49. The molecule has 0 radical (unpaired) electrons. The van der Waals surface area contributed by atoms with Gasteiger partial charge in [0, 0.05) is 5.92 Å². The molecule has 0 aliphatic heterocycles. The van der Waals surface area contributed by atoms with Crippen LogP contribution in [-0.2, 0) is 0 Å². The monoisotopic (exact) mass is 176 g/mol. The summed E-state index contributed by atoms with van der Waals surface area (Å²) in [6.07, 6.45) is 5.38. The summed E-state index contributed by atoms with van der Waals surface area (Å²) in [5, 5.41) is 0. The van der Waals surface area contributed by atoms with E-state index in [0.29, 0.717) is 0 Å². The number of hydrogen-bond acceptors (Lipinski definition) is 0. The standard InChI is InChI=1S/C13H20/c1-4-5-9-11-8(3)12(13(9)11)10-6-7(10)2/h6,8-13H,4-5H2,1-3H3.